The van der Waals surface area contributed by atoms with Gasteiger partial charge in [-0.1, -0.05) is 54.6 Å². The minimum absolute atomic E-state index is 0.0180. The van der Waals surface area contributed by atoms with E-state index in [1.165, 1.54) is 10.4 Å². The molecule has 5 rings (SSSR count). The van der Waals surface area contributed by atoms with Crippen LogP contribution in [0.15, 0.2) is 77.7 Å². The van der Waals surface area contributed by atoms with E-state index in [0.717, 1.165) is 22.8 Å². The number of ether oxygens (including phenoxy) is 2. The van der Waals surface area contributed by atoms with Crippen LogP contribution in [0.3, 0.4) is 0 Å². The number of hydrogen-bond donors (Lipinski definition) is 0. The molecule has 0 amide bonds. The predicted molar refractivity (Wildman–Crippen MR) is 132 cm³/mol. The first-order valence-electron chi connectivity index (χ1n) is 11.8. The van der Waals surface area contributed by atoms with Crippen molar-refractivity contribution in [2.75, 3.05) is 37.8 Å². The zero-order chi connectivity index (χ0) is 24.3. The first-order valence-corrected chi connectivity index (χ1v) is 13.3. The Bertz CT molecular complexity index is 1260. The lowest BCUT2D eigenvalue weighted by Crippen LogP contribution is -2.45. The molecule has 0 spiro atoms. The summed E-state index contributed by atoms with van der Waals surface area (Å²) in [5.74, 6) is -0.580. The van der Waals surface area contributed by atoms with Crippen molar-refractivity contribution in [1.82, 2.24) is 4.31 Å². The number of anilines is 1. The van der Waals surface area contributed by atoms with Crippen LogP contribution in [-0.4, -0.2) is 51.7 Å². The molecule has 1 saturated heterocycles. The van der Waals surface area contributed by atoms with Gasteiger partial charge in [0.25, 0.3) is 0 Å². The number of rotatable bonds is 5. The fraction of sp³-hybridized carbons (Fsp3) is 0.333. The molecule has 6 nitrogen and oxygen atoms in total. The maximum atomic E-state index is 14.5. The number of halogens is 1. The van der Waals surface area contributed by atoms with E-state index >= 15 is 0 Å². The van der Waals surface area contributed by atoms with Crippen molar-refractivity contribution >= 4 is 15.7 Å². The molecule has 3 aromatic carbocycles. The van der Waals surface area contributed by atoms with Gasteiger partial charge in [0, 0.05) is 19.6 Å². The van der Waals surface area contributed by atoms with E-state index < -0.39 is 21.9 Å². The minimum atomic E-state index is -4.09. The highest BCUT2D eigenvalue weighted by atomic mass is 32.2. The normalized spacial score (nSPS) is 19.6. The lowest BCUT2D eigenvalue weighted by atomic mass is 10.0. The molecule has 0 saturated carbocycles. The van der Waals surface area contributed by atoms with Crippen LogP contribution in [0.5, 0.6) is 0 Å². The zero-order valence-electron chi connectivity index (χ0n) is 19.5. The number of fused-ring (bicyclic) bond motifs is 1. The van der Waals surface area contributed by atoms with E-state index in [0.29, 0.717) is 45.0 Å². The fourth-order valence-corrected chi connectivity index (χ4v) is 6.56. The summed E-state index contributed by atoms with van der Waals surface area (Å²) in [4.78, 5) is 1.94. The third kappa shape index (κ3) is 5.26. The van der Waals surface area contributed by atoms with Crippen LogP contribution >= 0.6 is 0 Å². The summed E-state index contributed by atoms with van der Waals surface area (Å²) in [6, 6.07) is 21.1. The third-order valence-corrected chi connectivity index (χ3v) is 8.52. The second-order valence-corrected chi connectivity index (χ2v) is 10.7. The quantitative estimate of drug-likeness (QED) is 0.535. The van der Waals surface area contributed by atoms with Gasteiger partial charge in [0.05, 0.1) is 38.2 Å². The number of nitrogens with zero attached hydrogens (tertiary/aromatic N) is 2. The van der Waals surface area contributed by atoms with Gasteiger partial charge in [0.1, 0.15) is 10.7 Å². The van der Waals surface area contributed by atoms with Gasteiger partial charge in [0.2, 0.25) is 10.0 Å². The van der Waals surface area contributed by atoms with E-state index in [1.54, 1.807) is 6.07 Å². The summed E-state index contributed by atoms with van der Waals surface area (Å²) in [6.45, 7) is 2.95. The van der Waals surface area contributed by atoms with E-state index in [1.807, 2.05) is 59.5 Å². The van der Waals surface area contributed by atoms with Crippen molar-refractivity contribution in [3.63, 3.8) is 0 Å². The number of morpholine rings is 1. The molecule has 2 aliphatic rings. The molecule has 3 aromatic rings. The van der Waals surface area contributed by atoms with Gasteiger partial charge in [-0.2, -0.15) is 4.31 Å². The summed E-state index contributed by atoms with van der Waals surface area (Å²) in [5.41, 5.74) is 3.36. The van der Waals surface area contributed by atoms with Crippen LogP contribution in [0, 0.1) is 5.82 Å². The van der Waals surface area contributed by atoms with Crippen molar-refractivity contribution < 1.29 is 22.3 Å². The average Bonchev–Trinajstić information content (AvgIpc) is 2.87. The molecule has 0 radical (unpaired) electrons. The van der Waals surface area contributed by atoms with Crippen molar-refractivity contribution in [3.05, 3.63) is 95.3 Å². The topological polar surface area (TPSA) is 59.1 Å². The largest absolute Gasteiger partial charge is 0.378 e. The van der Waals surface area contributed by atoms with Crippen LogP contribution in [0.25, 0.3) is 0 Å². The zero-order valence-corrected chi connectivity index (χ0v) is 20.3. The molecule has 2 aliphatic heterocycles. The standard InChI is InChI=1S/C27H29FN2O4S/c28-24-10-11-26(29-12-14-33-15-13-29)27(17-24)35(31,32)30-18-22-8-4-5-9-23(22)19-34-20-25(30)16-21-6-2-1-3-7-21/h1-11,17,25H,12-16,18-20H2. The summed E-state index contributed by atoms with van der Waals surface area (Å²) in [5, 5.41) is 0. The number of hydrogen-bond acceptors (Lipinski definition) is 5. The smallest absolute Gasteiger partial charge is 0.245 e. The predicted octanol–water partition coefficient (Wildman–Crippen LogP) is 3.99. The Morgan fingerprint density at radius 3 is 2.37 bits per heavy atom. The lowest BCUT2D eigenvalue weighted by Gasteiger charge is -2.36. The lowest BCUT2D eigenvalue weighted by molar-refractivity contribution is 0.0673. The monoisotopic (exact) mass is 496 g/mol. The van der Waals surface area contributed by atoms with Gasteiger partial charge in [-0.25, -0.2) is 12.8 Å². The Morgan fingerprint density at radius 2 is 1.60 bits per heavy atom. The molecule has 35 heavy (non-hydrogen) atoms. The summed E-state index contributed by atoms with van der Waals surface area (Å²) < 4.78 is 56.1. The van der Waals surface area contributed by atoms with Crippen LogP contribution < -0.4 is 4.90 Å². The molecule has 184 valence electrons. The maximum Gasteiger partial charge on any atom is 0.245 e. The second kappa shape index (κ2) is 10.5. The molecule has 0 N–H and O–H groups in total. The highest BCUT2D eigenvalue weighted by Gasteiger charge is 2.36. The van der Waals surface area contributed by atoms with Crippen LogP contribution in [0.2, 0.25) is 0 Å². The van der Waals surface area contributed by atoms with Gasteiger partial charge in [-0.3, -0.25) is 0 Å². The van der Waals surface area contributed by atoms with Crippen molar-refractivity contribution in [1.29, 1.82) is 0 Å². The van der Waals surface area contributed by atoms with Crippen LogP contribution in [0.1, 0.15) is 16.7 Å². The molecule has 0 bridgehead atoms. The molecule has 1 atom stereocenters. The van der Waals surface area contributed by atoms with E-state index in [-0.39, 0.29) is 18.0 Å². The molecule has 1 fully saturated rings. The molecule has 0 aromatic heterocycles. The molecular weight excluding hydrogens is 467 g/mol. The van der Waals surface area contributed by atoms with Crippen molar-refractivity contribution in [2.45, 2.75) is 30.5 Å². The van der Waals surface area contributed by atoms with E-state index in [2.05, 4.69) is 0 Å². The Balaban J connectivity index is 1.59. The van der Waals surface area contributed by atoms with Gasteiger partial charge in [-0.05, 0) is 41.3 Å². The first-order chi connectivity index (χ1) is 17.0. The third-order valence-electron chi connectivity index (χ3n) is 6.59. The molecular formula is C27H29FN2O4S. The van der Waals surface area contributed by atoms with Crippen LogP contribution in [-0.2, 0) is 39.1 Å². The summed E-state index contributed by atoms with van der Waals surface area (Å²) in [7, 11) is -4.09. The minimum Gasteiger partial charge on any atom is -0.378 e. The Morgan fingerprint density at radius 1 is 0.886 bits per heavy atom. The average molecular weight is 497 g/mol. The number of sulfonamides is 1. The molecule has 8 heteroatoms. The highest BCUT2D eigenvalue weighted by molar-refractivity contribution is 7.89. The van der Waals surface area contributed by atoms with Gasteiger partial charge >= 0.3 is 0 Å². The highest BCUT2D eigenvalue weighted by Crippen LogP contribution is 2.33. The maximum absolute atomic E-state index is 14.5. The van der Waals surface area contributed by atoms with E-state index in [9.17, 15) is 12.8 Å². The van der Waals surface area contributed by atoms with Gasteiger partial charge in [-0.15, -0.1) is 0 Å². The van der Waals surface area contributed by atoms with Gasteiger partial charge in [0.15, 0.2) is 0 Å². The van der Waals surface area contributed by atoms with Gasteiger partial charge < -0.3 is 14.4 Å². The summed E-state index contributed by atoms with van der Waals surface area (Å²) >= 11 is 0. The molecule has 0 aliphatic carbocycles. The van der Waals surface area contributed by atoms with Crippen molar-refractivity contribution in [3.8, 4) is 0 Å². The Labute approximate surface area is 205 Å². The Kier molecular flexibility index (Phi) is 7.15. The fourth-order valence-electron chi connectivity index (χ4n) is 4.75. The summed E-state index contributed by atoms with van der Waals surface area (Å²) in [6.07, 6.45) is 0.491. The SMILES string of the molecule is O=S(=O)(c1cc(F)ccc1N1CCOCC1)N1Cc2ccccc2COCC1Cc1ccccc1. The van der Waals surface area contributed by atoms with Crippen molar-refractivity contribution in [2.24, 2.45) is 0 Å². The molecule has 2 heterocycles. The second-order valence-electron chi connectivity index (χ2n) is 8.89. The van der Waals surface area contributed by atoms with E-state index in [4.69, 9.17) is 9.47 Å². The molecule has 1 unspecified atom stereocenters. The van der Waals surface area contributed by atoms with Crippen LogP contribution in [0.4, 0.5) is 10.1 Å². The number of benzene rings is 3. The first kappa shape index (κ1) is 23.9. The Hall–Kier alpha value is -2.78.